The molecule has 2 heteroatoms. The van der Waals surface area contributed by atoms with E-state index in [9.17, 15) is 0 Å². The Balaban J connectivity index is 2.53. The largest absolute Gasteiger partial charge is 0.0937 e. The molecule has 1 rings (SSSR count). The maximum Gasteiger partial charge on any atom is 0.0755 e. The molecule has 0 aromatic heterocycles. The number of hydrogen-bond donors (Lipinski definition) is 0. The molecule has 3 atom stereocenters. The fraction of sp³-hybridized carbons (Fsp3) is 0.750. The molecular formula is C8H12BI. The van der Waals surface area contributed by atoms with Gasteiger partial charge >= 0.3 is 0 Å². The van der Waals surface area contributed by atoms with Crippen molar-refractivity contribution in [1.29, 1.82) is 0 Å². The van der Waals surface area contributed by atoms with Gasteiger partial charge < -0.3 is 0 Å². The van der Waals surface area contributed by atoms with E-state index in [1.807, 2.05) is 0 Å². The van der Waals surface area contributed by atoms with Gasteiger partial charge in [-0.3, -0.25) is 0 Å². The molecule has 0 N–H and O–H groups in total. The van der Waals surface area contributed by atoms with Crippen LogP contribution in [0.3, 0.4) is 0 Å². The van der Waals surface area contributed by atoms with E-state index in [1.165, 1.54) is 6.42 Å². The topological polar surface area (TPSA) is 0 Å². The van der Waals surface area contributed by atoms with Crippen molar-refractivity contribution in [3.8, 4) is 0 Å². The highest BCUT2D eigenvalue weighted by Crippen LogP contribution is 2.31. The van der Waals surface area contributed by atoms with Crippen molar-refractivity contribution in [3.63, 3.8) is 0 Å². The van der Waals surface area contributed by atoms with E-state index in [0.29, 0.717) is 5.82 Å². The lowest BCUT2D eigenvalue weighted by atomic mass is 9.76. The van der Waals surface area contributed by atoms with Crippen molar-refractivity contribution >= 4 is 30.4 Å². The Morgan fingerprint density at radius 3 is 2.80 bits per heavy atom. The lowest BCUT2D eigenvalue weighted by Crippen LogP contribution is -2.17. The Labute approximate surface area is 78.0 Å². The highest BCUT2D eigenvalue weighted by molar-refractivity contribution is 14.1. The van der Waals surface area contributed by atoms with Crippen molar-refractivity contribution in [2.75, 3.05) is 0 Å². The van der Waals surface area contributed by atoms with Gasteiger partial charge in [0.15, 0.2) is 0 Å². The number of rotatable bonds is 1. The molecular weight excluding hydrogens is 234 g/mol. The van der Waals surface area contributed by atoms with Gasteiger partial charge in [0.05, 0.1) is 7.85 Å². The van der Waals surface area contributed by atoms with Crippen molar-refractivity contribution in [3.05, 3.63) is 12.2 Å². The first kappa shape index (κ1) is 8.63. The molecule has 0 aromatic rings. The summed E-state index contributed by atoms with van der Waals surface area (Å²) >= 11 is 2.50. The van der Waals surface area contributed by atoms with Gasteiger partial charge in [0, 0.05) is 3.92 Å². The Hall–Kier alpha value is 0.535. The zero-order chi connectivity index (χ0) is 7.56. The van der Waals surface area contributed by atoms with E-state index in [-0.39, 0.29) is 0 Å². The van der Waals surface area contributed by atoms with Crippen molar-refractivity contribution < 1.29 is 0 Å². The van der Waals surface area contributed by atoms with Crippen LogP contribution in [-0.4, -0.2) is 11.8 Å². The molecule has 1 aliphatic rings. The number of alkyl halides is 1. The molecule has 54 valence electrons. The molecule has 0 aliphatic heterocycles. The van der Waals surface area contributed by atoms with Gasteiger partial charge in [-0.25, -0.2) is 0 Å². The zero-order valence-corrected chi connectivity index (χ0v) is 8.41. The Bertz CT molecular complexity index is 133. The van der Waals surface area contributed by atoms with Crippen LogP contribution in [-0.2, 0) is 0 Å². The summed E-state index contributed by atoms with van der Waals surface area (Å²) < 4.78 is 0.752. The lowest BCUT2D eigenvalue weighted by Gasteiger charge is -2.25. The van der Waals surface area contributed by atoms with Crippen molar-refractivity contribution in [1.82, 2.24) is 0 Å². The Morgan fingerprint density at radius 2 is 2.30 bits per heavy atom. The molecule has 0 nitrogen and oxygen atoms in total. The molecule has 0 amide bonds. The van der Waals surface area contributed by atoms with Crippen molar-refractivity contribution in [2.45, 2.75) is 29.5 Å². The standard InChI is InChI=1S/C8H12BI/c1-2-6-3-4-7(9)5-8(6)10/h3-4,6-8H,2,5H2,1H3. The summed E-state index contributed by atoms with van der Waals surface area (Å²) in [7, 11) is 5.75. The minimum atomic E-state index is 0.310. The second-order valence-electron chi connectivity index (χ2n) is 2.87. The smallest absolute Gasteiger partial charge is 0.0755 e. The number of allylic oxidation sites excluding steroid dienone is 2. The second-order valence-corrected chi connectivity index (χ2v) is 4.47. The first-order valence-electron chi connectivity index (χ1n) is 3.82. The zero-order valence-electron chi connectivity index (χ0n) is 6.26. The Morgan fingerprint density at radius 1 is 1.60 bits per heavy atom. The molecule has 0 saturated carbocycles. The minimum Gasteiger partial charge on any atom is -0.0937 e. The average Bonchev–Trinajstić information content (AvgIpc) is 1.88. The first-order valence-corrected chi connectivity index (χ1v) is 5.06. The summed E-state index contributed by atoms with van der Waals surface area (Å²) in [6, 6.07) is 0. The van der Waals surface area contributed by atoms with E-state index in [4.69, 9.17) is 7.85 Å². The highest BCUT2D eigenvalue weighted by Gasteiger charge is 2.19. The van der Waals surface area contributed by atoms with Crippen LogP contribution in [0.4, 0.5) is 0 Å². The predicted octanol–water partition coefficient (Wildman–Crippen LogP) is 2.73. The number of hydrogen-bond acceptors (Lipinski definition) is 0. The number of halogens is 1. The lowest BCUT2D eigenvalue weighted by molar-refractivity contribution is 0.559. The minimum absolute atomic E-state index is 0.310. The van der Waals surface area contributed by atoms with Crippen LogP contribution in [0.25, 0.3) is 0 Å². The van der Waals surface area contributed by atoms with Crippen LogP contribution in [0.15, 0.2) is 12.2 Å². The molecule has 0 bridgehead atoms. The quantitative estimate of drug-likeness (QED) is 0.289. The Kier molecular flexibility index (Phi) is 3.27. The summed E-state index contributed by atoms with van der Waals surface area (Å²) in [5, 5.41) is 0. The van der Waals surface area contributed by atoms with E-state index in [1.54, 1.807) is 0 Å². The van der Waals surface area contributed by atoms with E-state index >= 15 is 0 Å². The fourth-order valence-electron chi connectivity index (χ4n) is 1.31. The maximum atomic E-state index is 5.75. The highest BCUT2D eigenvalue weighted by atomic mass is 127. The normalized spacial score (nSPS) is 40.0. The summed E-state index contributed by atoms with van der Waals surface area (Å²) in [5.41, 5.74) is 0. The van der Waals surface area contributed by atoms with Crippen LogP contribution in [0.5, 0.6) is 0 Å². The van der Waals surface area contributed by atoms with Gasteiger partial charge in [-0.1, -0.05) is 47.5 Å². The molecule has 10 heavy (non-hydrogen) atoms. The van der Waals surface area contributed by atoms with Crippen LogP contribution in [0.2, 0.25) is 5.82 Å². The summed E-state index contributed by atoms with van der Waals surface area (Å²) in [5.74, 6) is 1.07. The third kappa shape index (κ3) is 2.01. The van der Waals surface area contributed by atoms with E-state index in [2.05, 4.69) is 41.7 Å². The van der Waals surface area contributed by atoms with Gasteiger partial charge in [0.2, 0.25) is 0 Å². The van der Waals surface area contributed by atoms with E-state index in [0.717, 1.165) is 16.3 Å². The second kappa shape index (κ2) is 3.79. The maximum absolute atomic E-state index is 5.75. The molecule has 3 unspecified atom stereocenters. The van der Waals surface area contributed by atoms with Crippen LogP contribution >= 0.6 is 22.6 Å². The predicted molar refractivity (Wildman–Crippen MR) is 54.9 cm³/mol. The van der Waals surface area contributed by atoms with Crippen LogP contribution in [0, 0.1) is 5.92 Å². The molecule has 0 heterocycles. The molecule has 0 aromatic carbocycles. The molecule has 1 aliphatic carbocycles. The third-order valence-electron chi connectivity index (χ3n) is 2.04. The SMILES string of the molecule is [B]C1C=CC(CC)C(I)C1. The van der Waals surface area contributed by atoms with Crippen molar-refractivity contribution in [2.24, 2.45) is 5.92 Å². The monoisotopic (exact) mass is 246 g/mol. The van der Waals surface area contributed by atoms with Gasteiger partial charge in [0.1, 0.15) is 0 Å². The third-order valence-corrected chi connectivity index (χ3v) is 3.47. The van der Waals surface area contributed by atoms with E-state index < -0.39 is 0 Å². The van der Waals surface area contributed by atoms with Crippen LogP contribution < -0.4 is 0 Å². The van der Waals surface area contributed by atoms with Crippen LogP contribution in [0.1, 0.15) is 19.8 Å². The molecule has 0 spiro atoms. The first-order chi connectivity index (χ1) is 4.74. The summed E-state index contributed by atoms with van der Waals surface area (Å²) in [6.45, 7) is 2.23. The molecule has 2 radical (unpaired) electrons. The fourth-order valence-corrected chi connectivity index (χ4v) is 2.65. The summed E-state index contributed by atoms with van der Waals surface area (Å²) in [6.07, 6.45) is 6.81. The van der Waals surface area contributed by atoms with Gasteiger partial charge in [-0.15, -0.1) is 0 Å². The molecule has 0 fully saturated rings. The average molecular weight is 246 g/mol. The molecule has 0 saturated heterocycles. The summed E-state index contributed by atoms with van der Waals surface area (Å²) in [4.78, 5) is 0. The van der Waals surface area contributed by atoms with Gasteiger partial charge in [-0.2, -0.15) is 0 Å². The van der Waals surface area contributed by atoms with Gasteiger partial charge in [-0.05, 0) is 18.8 Å². The van der Waals surface area contributed by atoms with Gasteiger partial charge in [0.25, 0.3) is 0 Å².